The smallest absolute Gasteiger partial charge is 0.311 e. The zero-order valence-electron chi connectivity index (χ0n) is 11.1. The second-order valence-electron chi connectivity index (χ2n) is 4.57. The molecule has 1 unspecified atom stereocenters. The zero-order valence-corrected chi connectivity index (χ0v) is 13.6. The molecule has 1 aliphatic rings. The number of sulfone groups is 1. The Hall–Kier alpha value is -1.20. The van der Waals surface area contributed by atoms with Crippen molar-refractivity contribution < 1.29 is 26.4 Å². The van der Waals surface area contributed by atoms with E-state index in [9.17, 15) is 21.6 Å². The number of carbonyl (C=O) groups is 1. The van der Waals surface area contributed by atoms with Gasteiger partial charge in [0, 0.05) is 5.38 Å². The van der Waals surface area contributed by atoms with Crippen LogP contribution in [-0.2, 0) is 35.8 Å². The van der Waals surface area contributed by atoms with Crippen LogP contribution in [0.1, 0.15) is 12.1 Å². The molecule has 0 aliphatic carbocycles. The summed E-state index contributed by atoms with van der Waals surface area (Å²) in [5.74, 6) is -0.969. The van der Waals surface area contributed by atoms with Gasteiger partial charge in [-0.1, -0.05) is 0 Å². The normalized spacial score (nSPS) is 21.1. The second kappa shape index (κ2) is 5.89. The Labute approximate surface area is 126 Å². The number of methoxy groups -OCH3 is 1. The number of nitrogens with zero attached hydrogens (tertiary/aromatic N) is 1. The van der Waals surface area contributed by atoms with Crippen molar-refractivity contribution >= 4 is 42.3 Å². The fourth-order valence-corrected chi connectivity index (χ4v) is 6.88. The highest BCUT2D eigenvalue weighted by molar-refractivity contribution is 7.97. The van der Waals surface area contributed by atoms with Gasteiger partial charge in [0.05, 0.1) is 36.0 Å². The summed E-state index contributed by atoms with van der Waals surface area (Å²) < 4.78 is 53.6. The maximum absolute atomic E-state index is 12.1. The largest absolute Gasteiger partial charge is 0.469 e. The summed E-state index contributed by atoms with van der Waals surface area (Å²) in [6.07, 6.45) is 0.0323. The molecule has 8 nitrogen and oxygen atoms in total. The number of hydrogen-bond donors (Lipinski definition) is 1. The summed E-state index contributed by atoms with van der Waals surface area (Å²) in [4.78, 5) is 15.1. The summed E-state index contributed by atoms with van der Waals surface area (Å²) in [6.45, 7) is 0. The Morgan fingerprint density at radius 1 is 1.57 bits per heavy atom. The van der Waals surface area contributed by atoms with Gasteiger partial charge < -0.3 is 4.74 Å². The Bertz CT molecular complexity index is 737. The SMILES string of the molecule is COC(=O)Cc1csc(NS(=O)(=O)C2CCS(=O)(=O)C2)n1. The van der Waals surface area contributed by atoms with Gasteiger partial charge in [-0.15, -0.1) is 11.3 Å². The van der Waals surface area contributed by atoms with Crippen LogP contribution in [0.5, 0.6) is 0 Å². The lowest BCUT2D eigenvalue weighted by atomic mass is 10.3. The minimum Gasteiger partial charge on any atom is -0.469 e. The van der Waals surface area contributed by atoms with E-state index in [0.29, 0.717) is 5.69 Å². The third kappa shape index (κ3) is 4.14. The van der Waals surface area contributed by atoms with Crippen molar-refractivity contribution in [3.63, 3.8) is 0 Å². The molecule has 118 valence electrons. The van der Waals surface area contributed by atoms with Gasteiger partial charge in [-0.25, -0.2) is 21.8 Å². The highest BCUT2D eigenvalue weighted by atomic mass is 32.2. The van der Waals surface area contributed by atoms with E-state index >= 15 is 0 Å². The van der Waals surface area contributed by atoms with Crippen molar-refractivity contribution in [1.82, 2.24) is 4.98 Å². The molecule has 0 radical (unpaired) electrons. The number of carbonyl (C=O) groups excluding carboxylic acids is 1. The molecule has 1 aromatic rings. The minimum atomic E-state index is -3.80. The Morgan fingerprint density at radius 2 is 2.29 bits per heavy atom. The Kier molecular flexibility index (Phi) is 4.54. The number of hydrogen-bond acceptors (Lipinski definition) is 8. The van der Waals surface area contributed by atoms with E-state index in [-0.39, 0.29) is 29.5 Å². The van der Waals surface area contributed by atoms with E-state index < -0.39 is 31.1 Å². The van der Waals surface area contributed by atoms with Crippen molar-refractivity contribution in [1.29, 1.82) is 0 Å². The molecular weight excluding hydrogens is 340 g/mol. The van der Waals surface area contributed by atoms with Crippen LogP contribution in [0.3, 0.4) is 0 Å². The van der Waals surface area contributed by atoms with Crippen molar-refractivity contribution in [3.8, 4) is 0 Å². The topological polar surface area (TPSA) is 119 Å². The zero-order chi connectivity index (χ0) is 15.7. The van der Waals surface area contributed by atoms with Crippen molar-refractivity contribution in [2.24, 2.45) is 0 Å². The van der Waals surface area contributed by atoms with Crippen LogP contribution in [-0.4, -0.2) is 51.7 Å². The van der Waals surface area contributed by atoms with Crippen LogP contribution in [0.15, 0.2) is 5.38 Å². The molecule has 0 aromatic carbocycles. The summed E-state index contributed by atoms with van der Waals surface area (Å²) in [5.41, 5.74) is 0.392. The number of sulfonamides is 1. The van der Waals surface area contributed by atoms with Crippen LogP contribution in [0.4, 0.5) is 5.13 Å². The van der Waals surface area contributed by atoms with E-state index in [2.05, 4.69) is 14.4 Å². The molecule has 1 aliphatic heterocycles. The average Bonchev–Trinajstić information content (AvgIpc) is 2.95. The molecule has 11 heteroatoms. The molecule has 1 aromatic heterocycles. The first-order valence-corrected chi connectivity index (χ1v) is 10.2. The first-order chi connectivity index (χ1) is 9.72. The lowest BCUT2D eigenvalue weighted by Gasteiger charge is -2.09. The third-order valence-corrected chi connectivity index (χ3v) is 7.64. The van der Waals surface area contributed by atoms with Gasteiger partial charge in [0.1, 0.15) is 0 Å². The molecule has 0 spiro atoms. The van der Waals surface area contributed by atoms with Gasteiger partial charge in [-0.05, 0) is 6.42 Å². The fourth-order valence-electron chi connectivity index (χ4n) is 1.87. The van der Waals surface area contributed by atoms with Gasteiger partial charge >= 0.3 is 5.97 Å². The number of anilines is 1. The molecule has 2 heterocycles. The molecule has 0 amide bonds. The number of nitrogens with one attached hydrogen (secondary N) is 1. The molecule has 2 rings (SSSR count). The van der Waals surface area contributed by atoms with Crippen LogP contribution in [0.25, 0.3) is 0 Å². The van der Waals surface area contributed by atoms with Crippen LogP contribution >= 0.6 is 11.3 Å². The summed E-state index contributed by atoms with van der Waals surface area (Å²) >= 11 is 1.03. The minimum absolute atomic E-state index is 0.0491. The lowest BCUT2D eigenvalue weighted by Crippen LogP contribution is -2.28. The number of ether oxygens (including phenoxy) is 1. The fraction of sp³-hybridized carbons (Fsp3) is 0.600. The van der Waals surface area contributed by atoms with Crippen molar-refractivity contribution in [2.45, 2.75) is 18.1 Å². The lowest BCUT2D eigenvalue weighted by molar-refractivity contribution is -0.139. The molecule has 1 atom stereocenters. The number of thiazole rings is 1. The second-order valence-corrected chi connectivity index (χ2v) is 9.62. The van der Waals surface area contributed by atoms with Gasteiger partial charge in [0.25, 0.3) is 0 Å². The Balaban J connectivity index is 2.06. The van der Waals surface area contributed by atoms with E-state index in [1.54, 1.807) is 5.38 Å². The molecule has 0 saturated carbocycles. The van der Waals surface area contributed by atoms with Crippen LogP contribution < -0.4 is 4.72 Å². The van der Waals surface area contributed by atoms with Crippen molar-refractivity contribution in [2.75, 3.05) is 23.3 Å². The van der Waals surface area contributed by atoms with Crippen LogP contribution in [0.2, 0.25) is 0 Å². The number of esters is 1. The monoisotopic (exact) mass is 354 g/mol. The van der Waals surface area contributed by atoms with E-state index in [4.69, 9.17) is 0 Å². The molecule has 1 N–H and O–H groups in total. The van der Waals surface area contributed by atoms with E-state index in [0.717, 1.165) is 11.3 Å². The van der Waals surface area contributed by atoms with E-state index in [1.165, 1.54) is 7.11 Å². The highest BCUT2D eigenvalue weighted by Crippen LogP contribution is 2.23. The standard InChI is InChI=1S/C10H14N2O6S3/c1-18-9(13)4-7-5-19-10(11-7)12-21(16,17)8-2-3-20(14,15)6-8/h5,8H,2-4,6H2,1H3,(H,11,12). The molecule has 1 fully saturated rings. The third-order valence-electron chi connectivity index (χ3n) is 2.96. The first kappa shape index (κ1) is 16.2. The molecule has 1 saturated heterocycles. The predicted molar refractivity (Wildman–Crippen MR) is 77.4 cm³/mol. The van der Waals surface area contributed by atoms with Gasteiger partial charge in [0.15, 0.2) is 15.0 Å². The van der Waals surface area contributed by atoms with E-state index in [1.807, 2.05) is 0 Å². The molecular formula is C10H14N2O6S3. The first-order valence-electron chi connectivity index (χ1n) is 5.95. The predicted octanol–water partition coefficient (Wildman–Crippen LogP) is -0.213. The van der Waals surface area contributed by atoms with Gasteiger partial charge in [-0.2, -0.15) is 0 Å². The summed E-state index contributed by atoms with van der Waals surface area (Å²) in [6, 6.07) is 0. The van der Waals surface area contributed by atoms with Gasteiger partial charge in [-0.3, -0.25) is 9.52 Å². The number of rotatable bonds is 5. The quantitative estimate of drug-likeness (QED) is 0.726. The highest BCUT2D eigenvalue weighted by Gasteiger charge is 2.37. The molecule has 0 bridgehead atoms. The number of aromatic nitrogens is 1. The van der Waals surface area contributed by atoms with Crippen LogP contribution in [0, 0.1) is 0 Å². The molecule has 21 heavy (non-hydrogen) atoms. The summed E-state index contributed by atoms with van der Waals surface area (Å²) in [5, 5.41) is 0.689. The average molecular weight is 354 g/mol. The summed E-state index contributed by atoms with van der Waals surface area (Å²) in [7, 11) is -5.84. The van der Waals surface area contributed by atoms with Crippen molar-refractivity contribution in [3.05, 3.63) is 11.1 Å². The maximum Gasteiger partial charge on any atom is 0.311 e. The van der Waals surface area contributed by atoms with Gasteiger partial charge in [0.2, 0.25) is 10.0 Å². The maximum atomic E-state index is 12.1. The Morgan fingerprint density at radius 3 is 2.86 bits per heavy atom.